The Hall–Kier alpha value is -3.59. The summed E-state index contributed by atoms with van der Waals surface area (Å²) in [4.78, 5) is 26.7. The molecule has 2 aliphatic heterocycles. The summed E-state index contributed by atoms with van der Waals surface area (Å²) in [5, 5.41) is 13.6. The average Bonchev–Trinajstić information content (AvgIpc) is 3.45. The molecule has 0 N–H and O–H groups in total. The number of imidazole rings is 1. The van der Waals surface area contributed by atoms with Crippen molar-refractivity contribution in [2.75, 3.05) is 44.3 Å². The van der Waals surface area contributed by atoms with Gasteiger partial charge in [-0.1, -0.05) is 0 Å². The number of hydrogen-bond acceptors (Lipinski definition) is 8. The number of piperazine rings is 1. The van der Waals surface area contributed by atoms with E-state index in [9.17, 15) is 10.1 Å². The van der Waals surface area contributed by atoms with Gasteiger partial charge in [0.05, 0.1) is 41.5 Å². The van der Waals surface area contributed by atoms with E-state index in [4.69, 9.17) is 9.72 Å². The standard InChI is InChI=1S/C26H25BrN8O2/c1-16-9-18(12-28)31-35(16)26-20(17(2)36)3-4-25(30-26)34-15-29-22-10-21(27)23(11-24(22)34)33-7-5-32(6-8-33)19-13-37-14-19/h3-4,9-11,15,19H,5-8,13-14H2,1-2H3. The molecule has 0 aliphatic carbocycles. The third-order valence-corrected chi connectivity index (χ3v) is 7.73. The molecule has 0 amide bonds. The summed E-state index contributed by atoms with van der Waals surface area (Å²) in [5.41, 5.74) is 4.28. The normalized spacial score (nSPS) is 16.6. The molecule has 2 fully saturated rings. The fourth-order valence-corrected chi connectivity index (χ4v) is 5.54. The third kappa shape index (κ3) is 4.21. The number of anilines is 1. The number of benzene rings is 1. The van der Waals surface area contributed by atoms with Crippen LogP contribution in [0.25, 0.3) is 22.7 Å². The van der Waals surface area contributed by atoms with E-state index in [1.54, 1.807) is 23.1 Å². The predicted molar refractivity (Wildman–Crippen MR) is 142 cm³/mol. The molecule has 11 heteroatoms. The zero-order valence-electron chi connectivity index (χ0n) is 20.6. The number of nitriles is 1. The van der Waals surface area contributed by atoms with E-state index in [1.165, 1.54) is 6.92 Å². The Bertz CT molecular complexity index is 1560. The zero-order chi connectivity index (χ0) is 25.7. The molecule has 0 spiro atoms. The van der Waals surface area contributed by atoms with Crippen molar-refractivity contribution in [3.63, 3.8) is 0 Å². The summed E-state index contributed by atoms with van der Waals surface area (Å²) in [7, 11) is 0. The van der Waals surface area contributed by atoms with Crippen LogP contribution in [-0.2, 0) is 4.74 Å². The molecule has 3 aromatic heterocycles. The van der Waals surface area contributed by atoms with Gasteiger partial charge in [-0.05, 0) is 60.1 Å². The lowest BCUT2D eigenvalue weighted by Gasteiger charge is -2.43. The second-order valence-corrected chi connectivity index (χ2v) is 10.3. The number of carbonyl (C=O) groups excluding carboxylic acids is 1. The van der Waals surface area contributed by atoms with Crippen LogP contribution in [0.2, 0.25) is 0 Å². The molecule has 2 aliphatic rings. The van der Waals surface area contributed by atoms with E-state index in [2.05, 4.69) is 47.9 Å². The molecule has 10 nitrogen and oxygen atoms in total. The topological polar surface area (TPSA) is 105 Å². The zero-order valence-corrected chi connectivity index (χ0v) is 22.1. The number of nitrogens with zero attached hydrogens (tertiary/aromatic N) is 8. The molecule has 6 rings (SSSR count). The van der Waals surface area contributed by atoms with Gasteiger partial charge >= 0.3 is 0 Å². The van der Waals surface area contributed by atoms with Crippen LogP contribution in [0.1, 0.15) is 28.7 Å². The number of rotatable bonds is 5. The van der Waals surface area contributed by atoms with Crippen LogP contribution < -0.4 is 4.90 Å². The number of pyridine rings is 1. The highest BCUT2D eigenvalue weighted by molar-refractivity contribution is 9.10. The van der Waals surface area contributed by atoms with Gasteiger partial charge < -0.3 is 9.64 Å². The summed E-state index contributed by atoms with van der Waals surface area (Å²) in [6, 6.07) is 12.0. The molecule has 4 aromatic rings. The monoisotopic (exact) mass is 560 g/mol. The maximum absolute atomic E-state index is 12.4. The number of Topliss-reactive ketones (excluding diaryl/α,β-unsaturated/α-hetero) is 1. The van der Waals surface area contributed by atoms with E-state index < -0.39 is 0 Å². The van der Waals surface area contributed by atoms with Gasteiger partial charge in [0, 0.05) is 36.3 Å². The molecular weight excluding hydrogens is 536 g/mol. The number of hydrogen-bond donors (Lipinski definition) is 0. The SMILES string of the molecule is CC(=O)c1ccc(-n2cnc3cc(Br)c(N4CCN(C5COC5)CC4)cc32)nc1-n1nc(C#N)cc1C. The minimum Gasteiger partial charge on any atom is -0.378 e. The van der Waals surface area contributed by atoms with E-state index in [0.717, 1.165) is 66.3 Å². The van der Waals surface area contributed by atoms with Crippen molar-refractivity contribution in [3.05, 3.63) is 58.1 Å². The van der Waals surface area contributed by atoms with Gasteiger partial charge in [0.1, 0.15) is 18.2 Å². The van der Waals surface area contributed by atoms with Crippen LogP contribution in [0.15, 0.2) is 41.1 Å². The molecule has 1 aromatic carbocycles. The summed E-state index contributed by atoms with van der Waals surface area (Å²) >= 11 is 3.76. The largest absolute Gasteiger partial charge is 0.378 e. The smallest absolute Gasteiger partial charge is 0.166 e. The van der Waals surface area contributed by atoms with E-state index in [0.29, 0.717) is 23.2 Å². The average molecular weight is 561 g/mol. The molecule has 0 atom stereocenters. The molecule has 0 saturated carbocycles. The quantitative estimate of drug-likeness (QED) is 0.342. The number of ether oxygens (including phenoxy) is 1. The van der Waals surface area contributed by atoms with Gasteiger partial charge in [-0.15, -0.1) is 0 Å². The number of halogens is 1. The summed E-state index contributed by atoms with van der Waals surface area (Å²) < 4.78 is 9.84. The van der Waals surface area contributed by atoms with E-state index >= 15 is 0 Å². The fraction of sp³-hybridized carbons (Fsp3) is 0.346. The first-order valence-corrected chi connectivity index (χ1v) is 12.9. The second kappa shape index (κ2) is 9.37. The lowest BCUT2D eigenvalue weighted by Crippen LogP contribution is -2.56. The van der Waals surface area contributed by atoms with Gasteiger partial charge in [0.15, 0.2) is 17.3 Å². The minimum atomic E-state index is -0.128. The highest BCUT2D eigenvalue weighted by Crippen LogP contribution is 2.33. The van der Waals surface area contributed by atoms with E-state index in [1.807, 2.05) is 23.6 Å². The predicted octanol–water partition coefficient (Wildman–Crippen LogP) is 3.27. The first-order valence-electron chi connectivity index (χ1n) is 12.2. The van der Waals surface area contributed by atoms with Gasteiger partial charge in [0.2, 0.25) is 0 Å². The van der Waals surface area contributed by atoms with Gasteiger partial charge in [-0.2, -0.15) is 10.4 Å². The highest BCUT2D eigenvalue weighted by atomic mass is 79.9. The highest BCUT2D eigenvalue weighted by Gasteiger charge is 2.29. The van der Waals surface area contributed by atoms with Crippen molar-refractivity contribution in [2.24, 2.45) is 0 Å². The molecule has 37 heavy (non-hydrogen) atoms. The number of ketones is 1. The Balaban J connectivity index is 1.38. The molecule has 188 valence electrons. The first kappa shape index (κ1) is 23.8. The summed E-state index contributed by atoms with van der Waals surface area (Å²) in [6.45, 7) is 8.88. The Morgan fingerprint density at radius 1 is 1.16 bits per heavy atom. The van der Waals surface area contributed by atoms with Crippen molar-refractivity contribution in [3.8, 4) is 17.7 Å². The number of aromatic nitrogens is 5. The van der Waals surface area contributed by atoms with Crippen molar-refractivity contribution in [1.82, 2.24) is 29.2 Å². The summed E-state index contributed by atoms with van der Waals surface area (Å²) in [6.07, 6.45) is 1.74. The molecule has 0 unspecified atom stereocenters. The lowest BCUT2D eigenvalue weighted by molar-refractivity contribution is -0.0660. The van der Waals surface area contributed by atoms with Crippen molar-refractivity contribution in [2.45, 2.75) is 19.9 Å². The fourth-order valence-electron chi connectivity index (χ4n) is 4.96. The molecule has 0 radical (unpaired) electrons. The maximum Gasteiger partial charge on any atom is 0.166 e. The Kier molecular flexibility index (Phi) is 6.03. The van der Waals surface area contributed by atoms with Crippen LogP contribution in [0.3, 0.4) is 0 Å². The van der Waals surface area contributed by atoms with Crippen LogP contribution >= 0.6 is 15.9 Å². The van der Waals surface area contributed by atoms with Crippen LogP contribution in [0.5, 0.6) is 0 Å². The third-order valence-electron chi connectivity index (χ3n) is 7.10. The van der Waals surface area contributed by atoms with Crippen LogP contribution in [0, 0.1) is 18.3 Å². The van der Waals surface area contributed by atoms with Crippen LogP contribution in [0.4, 0.5) is 5.69 Å². The second-order valence-electron chi connectivity index (χ2n) is 9.41. The molecular formula is C26H25BrN8O2. The van der Waals surface area contributed by atoms with Crippen molar-refractivity contribution in [1.29, 1.82) is 5.26 Å². The number of carbonyl (C=O) groups is 1. The minimum absolute atomic E-state index is 0.128. The van der Waals surface area contributed by atoms with Gasteiger partial charge in [0.25, 0.3) is 0 Å². The van der Waals surface area contributed by atoms with Crippen molar-refractivity contribution < 1.29 is 9.53 Å². The Morgan fingerprint density at radius 2 is 1.95 bits per heavy atom. The molecule has 5 heterocycles. The Morgan fingerprint density at radius 3 is 2.59 bits per heavy atom. The lowest BCUT2D eigenvalue weighted by atomic mass is 10.1. The van der Waals surface area contributed by atoms with Gasteiger partial charge in [-0.25, -0.2) is 14.6 Å². The van der Waals surface area contributed by atoms with Gasteiger partial charge in [-0.3, -0.25) is 14.3 Å². The first-order chi connectivity index (χ1) is 17.9. The van der Waals surface area contributed by atoms with E-state index in [-0.39, 0.29) is 11.5 Å². The maximum atomic E-state index is 12.4. The summed E-state index contributed by atoms with van der Waals surface area (Å²) in [5.74, 6) is 0.870. The van der Waals surface area contributed by atoms with Crippen LogP contribution in [-0.4, -0.2) is 80.4 Å². The molecule has 2 saturated heterocycles. The van der Waals surface area contributed by atoms with Crippen molar-refractivity contribution >= 4 is 38.4 Å². The number of fused-ring (bicyclic) bond motifs is 1. The number of aryl methyl sites for hydroxylation is 1. The Labute approximate surface area is 222 Å². The molecule has 0 bridgehead atoms.